The first-order valence-electron chi connectivity index (χ1n) is 11.2. The maximum atomic E-state index is 13.2. The Balaban J connectivity index is 1.60. The molecule has 4 rings (SSSR count). The van der Waals surface area contributed by atoms with Crippen molar-refractivity contribution in [3.8, 4) is 11.5 Å². The van der Waals surface area contributed by atoms with Crippen LogP contribution in [0, 0.1) is 0 Å². The van der Waals surface area contributed by atoms with Gasteiger partial charge in [-0.2, -0.15) is 4.31 Å². The number of nitrogens with one attached hydrogen (secondary N) is 1. The highest BCUT2D eigenvalue weighted by Crippen LogP contribution is 2.36. The lowest BCUT2D eigenvalue weighted by Gasteiger charge is -2.26. The van der Waals surface area contributed by atoms with Crippen LogP contribution in [0.3, 0.4) is 0 Å². The minimum absolute atomic E-state index is 0.189. The minimum Gasteiger partial charge on any atom is -0.497 e. The summed E-state index contributed by atoms with van der Waals surface area (Å²) in [7, 11) is -0.599. The lowest BCUT2D eigenvalue weighted by Crippen LogP contribution is -2.44. The molecule has 2 aromatic rings. The van der Waals surface area contributed by atoms with Gasteiger partial charge in [0.2, 0.25) is 21.8 Å². The lowest BCUT2D eigenvalue weighted by atomic mass is 10.1. The number of piperidine rings is 1. The number of anilines is 2. The van der Waals surface area contributed by atoms with Crippen molar-refractivity contribution in [3.63, 3.8) is 0 Å². The van der Waals surface area contributed by atoms with Gasteiger partial charge >= 0.3 is 0 Å². The van der Waals surface area contributed by atoms with Gasteiger partial charge in [0.15, 0.2) is 0 Å². The molecule has 1 fully saturated rings. The maximum absolute atomic E-state index is 13.2. The normalized spacial score (nSPS) is 18.3. The molecule has 1 N–H and O–H groups in total. The molecule has 2 heterocycles. The average molecular weight is 488 g/mol. The van der Waals surface area contributed by atoms with Crippen molar-refractivity contribution in [1.29, 1.82) is 0 Å². The first-order valence-corrected chi connectivity index (χ1v) is 12.7. The monoisotopic (exact) mass is 487 g/mol. The fourth-order valence-electron chi connectivity index (χ4n) is 4.56. The second-order valence-electron chi connectivity index (χ2n) is 8.42. The van der Waals surface area contributed by atoms with Crippen LogP contribution in [-0.4, -0.2) is 57.9 Å². The molecule has 0 aromatic heterocycles. The Hall–Kier alpha value is -3.11. The van der Waals surface area contributed by atoms with E-state index in [9.17, 15) is 18.0 Å². The zero-order valence-corrected chi connectivity index (χ0v) is 20.4. The second kappa shape index (κ2) is 9.63. The van der Waals surface area contributed by atoms with Crippen LogP contribution in [0.5, 0.6) is 11.5 Å². The zero-order valence-electron chi connectivity index (χ0n) is 19.5. The standard InChI is InChI=1S/C24H29N3O6S/c1-16(28)27-21-10-8-19(34(30,31)26-11-5-4-6-12-26)13-17(21)14-22(27)24(29)25-20-9-7-18(32-2)15-23(20)33-3/h7-10,13,15,22H,4-6,11-12,14H2,1-3H3,(H,25,29)/t22-/m0/s1. The average Bonchev–Trinajstić information content (AvgIpc) is 3.24. The molecule has 34 heavy (non-hydrogen) atoms. The van der Waals surface area contributed by atoms with Crippen molar-refractivity contribution < 1.29 is 27.5 Å². The largest absolute Gasteiger partial charge is 0.497 e. The first kappa shape index (κ1) is 24.0. The van der Waals surface area contributed by atoms with Crippen molar-refractivity contribution >= 4 is 33.2 Å². The molecular formula is C24H29N3O6S. The molecule has 2 aromatic carbocycles. The number of benzene rings is 2. The van der Waals surface area contributed by atoms with Gasteiger partial charge in [0.1, 0.15) is 17.5 Å². The highest BCUT2D eigenvalue weighted by molar-refractivity contribution is 7.89. The Bertz CT molecular complexity index is 1210. The van der Waals surface area contributed by atoms with Crippen LogP contribution in [0.4, 0.5) is 11.4 Å². The first-order chi connectivity index (χ1) is 16.3. The smallest absolute Gasteiger partial charge is 0.248 e. The van der Waals surface area contributed by atoms with E-state index in [-0.39, 0.29) is 17.2 Å². The fourth-order valence-corrected chi connectivity index (χ4v) is 6.13. The van der Waals surface area contributed by atoms with Gasteiger partial charge in [-0.1, -0.05) is 6.42 Å². The molecule has 0 radical (unpaired) electrons. The molecule has 1 saturated heterocycles. The molecule has 1 atom stereocenters. The van der Waals surface area contributed by atoms with Crippen LogP contribution in [0.15, 0.2) is 41.3 Å². The number of ether oxygens (including phenoxy) is 2. The maximum Gasteiger partial charge on any atom is 0.248 e. The molecule has 182 valence electrons. The summed E-state index contributed by atoms with van der Waals surface area (Å²) in [6, 6.07) is 8.93. The molecular weight excluding hydrogens is 458 g/mol. The van der Waals surface area contributed by atoms with E-state index in [1.807, 2.05) is 0 Å². The number of nitrogens with zero attached hydrogens (tertiary/aromatic N) is 2. The van der Waals surface area contributed by atoms with Gasteiger partial charge in [-0.25, -0.2) is 8.42 Å². The SMILES string of the molecule is COc1ccc(NC(=O)[C@@H]2Cc3cc(S(=O)(=O)N4CCCCC4)ccc3N2C(C)=O)c(OC)c1. The third-order valence-electron chi connectivity index (χ3n) is 6.30. The summed E-state index contributed by atoms with van der Waals surface area (Å²) in [6.07, 6.45) is 2.93. The zero-order chi connectivity index (χ0) is 24.5. The minimum atomic E-state index is -3.62. The molecule has 2 aliphatic rings. The topological polar surface area (TPSA) is 105 Å². The van der Waals surface area contributed by atoms with Gasteiger partial charge in [-0.05, 0) is 48.7 Å². The second-order valence-corrected chi connectivity index (χ2v) is 10.4. The van der Waals surface area contributed by atoms with Crippen LogP contribution in [0.2, 0.25) is 0 Å². The molecule has 2 amide bonds. The van der Waals surface area contributed by atoms with Gasteiger partial charge in [-0.3, -0.25) is 14.5 Å². The number of sulfonamides is 1. The van der Waals surface area contributed by atoms with Gasteiger partial charge in [0, 0.05) is 38.2 Å². The lowest BCUT2D eigenvalue weighted by molar-refractivity contribution is -0.122. The molecule has 0 unspecified atom stereocenters. The van der Waals surface area contributed by atoms with Crippen LogP contribution in [-0.2, 0) is 26.0 Å². The highest BCUT2D eigenvalue weighted by atomic mass is 32.2. The van der Waals surface area contributed by atoms with Gasteiger partial charge in [-0.15, -0.1) is 0 Å². The van der Waals surface area contributed by atoms with E-state index in [4.69, 9.17) is 9.47 Å². The number of carbonyl (C=O) groups is 2. The van der Waals surface area contributed by atoms with Gasteiger partial charge in [0.25, 0.3) is 0 Å². The molecule has 0 spiro atoms. The van der Waals surface area contributed by atoms with Gasteiger partial charge in [0.05, 0.1) is 24.8 Å². The molecule has 2 aliphatic heterocycles. The Morgan fingerprint density at radius 3 is 2.38 bits per heavy atom. The van der Waals surface area contributed by atoms with Crippen molar-refractivity contribution in [3.05, 3.63) is 42.0 Å². The quantitative estimate of drug-likeness (QED) is 0.672. The number of fused-ring (bicyclic) bond motifs is 1. The summed E-state index contributed by atoms with van der Waals surface area (Å²) < 4.78 is 38.3. The number of hydrogen-bond donors (Lipinski definition) is 1. The number of methoxy groups -OCH3 is 2. The predicted octanol–water partition coefficient (Wildman–Crippen LogP) is 2.79. The van der Waals surface area contributed by atoms with E-state index >= 15 is 0 Å². The molecule has 0 aliphatic carbocycles. The van der Waals surface area contributed by atoms with Crippen LogP contribution < -0.4 is 19.7 Å². The van der Waals surface area contributed by atoms with E-state index in [0.717, 1.165) is 19.3 Å². The summed E-state index contributed by atoms with van der Waals surface area (Å²) >= 11 is 0. The van der Waals surface area contributed by atoms with E-state index < -0.39 is 22.0 Å². The fraction of sp³-hybridized carbons (Fsp3) is 0.417. The number of hydrogen-bond acceptors (Lipinski definition) is 6. The molecule has 0 bridgehead atoms. The summed E-state index contributed by atoms with van der Waals surface area (Å²) in [5.41, 5.74) is 1.64. The predicted molar refractivity (Wildman–Crippen MR) is 128 cm³/mol. The summed E-state index contributed by atoms with van der Waals surface area (Å²) in [5, 5.41) is 2.83. The number of rotatable bonds is 6. The number of amides is 2. The van der Waals surface area contributed by atoms with E-state index in [1.165, 1.54) is 36.4 Å². The van der Waals surface area contributed by atoms with Crippen molar-refractivity contribution in [2.24, 2.45) is 0 Å². The van der Waals surface area contributed by atoms with Crippen molar-refractivity contribution in [2.45, 2.75) is 43.5 Å². The van der Waals surface area contributed by atoms with E-state index in [2.05, 4.69) is 5.32 Å². The summed E-state index contributed by atoms with van der Waals surface area (Å²) in [4.78, 5) is 27.3. The van der Waals surface area contributed by atoms with E-state index in [1.54, 1.807) is 30.3 Å². The third-order valence-corrected chi connectivity index (χ3v) is 8.19. The molecule has 9 nitrogen and oxygen atoms in total. The Morgan fingerprint density at radius 1 is 1.00 bits per heavy atom. The summed E-state index contributed by atoms with van der Waals surface area (Å²) in [6.45, 7) is 2.41. The van der Waals surface area contributed by atoms with Gasteiger partial charge < -0.3 is 14.8 Å². The Labute approximate surface area is 199 Å². The summed E-state index contributed by atoms with van der Waals surface area (Å²) in [5.74, 6) is 0.311. The van der Waals surface area contributed by atoms with Crippen LogP contribution in [0.25, 0.3) is 0 Å². The van der Waals surface area contributed by atoms with Crippen LogP contribution in [0.1, 0.15) is 31.7 Å². The number of carbonyl (C=O) groups excluding carboxylic acids is 2. The van der Waals surface area contributed by atoms with Crippen LogP contribution >= 0.6 is 0 Å². The van der Waals surface area contributed by atoms with Crippen molar-refractivity contribution in [2.75, 3.05) is 37.5 Å². The third kappa shape index (κ3) is 4.47. The molecule has 10 heteroatoms. The Morgan fingerprint density at radius 2 is 1.74 bits per heavy atom. The van der Waals surface area contributed by atoms with Crippen molar-refractivity contribution in [1.82, 2.24) is 4.31 Å². The Kier molecular flexibility index (Phi) is 6.81. The molecule has 0 saturated carbocycles. The van der Waals surface area contributed by atoms with E-state index in [0.29, 0.717) is 41.5 Å². The highest BCUT2D eigenvalue weighted by Gasteiger charge is 2.38.